The topological polar surface area (TPSA) is 58.9 Å². The lowest BCUT2D eigenvalue weighted by Gasteiger charge is -2.28. The summed E-state index contributed by atoms with van der Waals surface area (Å²) in [6, 6.07) is 10.3. The Balaban J connectivity index is 1.70. The molecule has 22 heavy (non-hydrogen) atoms. The first kappa shape index (κ1) is 13.2. The van der Waals surface area contributed by atoms with Crippen molar-refractivity contribution in [2.75, 3.05) is 31.1 Å². The molecule has 0 atom stereocenters. The Bertz CT molecular complexity index is 761. The summed E-state index contributed by atoms with van der Waals surface area (Å²) >= 11 is 0. The van der Waals surface area contributed by atoms with E-state index in [0.29, 0.717) is 0 Å². The molecule has 6 nitrogen and oxygen atoms in total. The van der Waals surface area contributed by atoms with Crippen molar-refractivity contribution in [1.82, 2.24) is 25.1 Å². The van der Waals surface area contributed by atoms with Gasteiger partial charge in [-0.25, -0.2) is 14.6 Å². The molecule has 0 aliphatic carbocycles. The zero-order valence-electron chi connectivity index (χ0n) is 12.3. The van der Waals surface area contributed by atoms with Gasteiger partial charge in [-0.05, 0) is 5.56 Å². The maximum Gasteiger partial charge on any atom is 0.163 e. The van der Waals surface area contributed by atoms with Crippen LogP contribution in [0.5, 0.6) is 0 Å². The first-order chi connectivity index (χ1) is 10.9. The summed E-state index contributed by atoms with van der Waals surface area (Å²) in [5.74, 6) is 0.991. The molecule has 3 aromatic rings. The number of rotatable bonds is 3. The number of anilines is 1. The van der Waals surface area contributed by atoms with Gasteiger partial charge in [0.25, 0.3) is 0 Å². The van der Waals surface area contributed by atoms with E-state index in [1.807, 2.05) is 29.1 Å². The molecule has 0 unspecified atom stereocenters. The number of aromatic nitrogens is 4. The fourth-order valence-electron chi connectivity index (χ4n) is 2.88. The molecule has 3 heterocycles. The second-order valence-electron chi connectivity index (χ2n) is 5.46. The molecule has 0 spiro atoms. The van der Waals surface area contributed by atoms with Crippen LogP contribution < -0.4 is 10.2 Å². The molecule has 0 saturated carbocycles. The van der Waals surface area contributed by atoms with Crippen LogP contribution in [-0.2, 0) is 6.54 Å². The molecule has 112 valence electrons. The van der Waals surface area contributed by atoms with Crippen LogP contribution in [0.25, 0.3) is 11.0 Å². The first-order valence-electron chi connectivity index (χ1n) is 7.58. The van der Waals surface area contributed by atoms with Crippen molar-refractivity contribution >= 4 is 16.9 Å². The number of nitrogens with zero attached hydrogens (tertiary/aromatic N) is 5. The molecule has 1 N–H and O–H groups in total. The second kappa shape index (κ2) is 5.73. The van der Waals surface area contributed by atoms with E-state index in [4.69, 9.17) is 0 Å². The summed E-state index contributed by atoms with van der Waals surface area (Å²) in [6.07, 6.45) is 3.53. The quantitative estimate of drug-likeness (QED) is 0.788. The van der Waals surface area contributed by atoms with Crippen LogP contribution in [0.1, 0.15) is 5.56 Å². The van der Waals surface area contributed by atoms with E-state index in [1.54, 1.807) is 6.33 Å². The number of hydrogen-bond donors (Lipinski definition) is 1. The number of fused-ring (bicyclic) bond motifs is 1. The van der Waals surface area contributed by atoms with Crippen LogP contribution in [0.15, 0.2) is 42.9 Å². The fraction of sp³-hybridized carbons (Fsp3) is 0.312. The van der Waals surface area contributed by atoms with E-state index in [0.717, 1.165) is 49.6 Å². The summed E-state index contributed by atoms with van der Waals surface area (Å²) in [5.41, 5.74) is 2.11. The summed E-state index contributed by atoms with van der Waals surface area (Å²) in [6.45, 7) is 4.64. The van der Waals surface area contributed by atoms with Crippen molar-refractivity contribution in [2.24, 2.45) is 0 Å². The maximum absolute atomic E-state index is 4.52. The minimum absolute atomic E-state index is 0.725. The number of piperazine rings is 1. The van der Waals surface area contributed by atoms with Crippen LogP contribution in [0.3, 0.4) is 0 Å². The molecule has 1 aliphatic rings. The zero-order chi connectivity index (χ0) is 14.8. The van der Waals surface area contributed by atoms with Crippen molar-refractivity contribution in [3.05, 3.63) is 48.4 Å². The predicted molar refractivity (Wildman–Crippen MR) is 85.9 cm³/mol. The van der Waals surface area contributed by atoms with Crippen molar-refractivity contribution in [3.63, 3.8) is 0 Å². The minimum atomic E-state index is 0.725. The van der Waals surface area contributed by atoms with E-state index >= 15 is 0 Å². The molecule has 1 fully saturated rings. The third kappa shape index (κ3) is 2.42. The number of benzene rings is 1. The number of hydrogen-bond acceptors (Lipinski definition) is 5. The Labute approximate surface area is 128 Å². The predicted octanol–water partition coefficient (Wildman–Crippen LogP) is 1.28. The van der Waals surface area contributed by atoms with Crippen LogP contribution in [0, 0.1) is 0 Å². The van der Waals surface area contributed by atoms with Crippen LogP contribution in [0.2, 0.25) is 0 Å². The highest BCUT2D eigenvalue weighted by Gasteiger charge is 2.17. The van der Waals surface area contributed by atoms with Crippen molar-refractivity contribution < 1.29 is 0 Å². The van der Waals surface area contributed by atoms with Gasteiger partial charge in [-0.3, -0.25) is 0 Å². The molecule has 1 saturated heterocycles. The highest BCUT2D eigenvalue weighted by Crippen LogP contribution is 2.23. The fourth-order valence-corrected chi connectivity index (χ4v) is 2.88. The van der Waals surface area contributed by atoms with E-state index < -0.39 is 0 Å². The first-order valence-corrected chi connectivity index (χ1v) is 7.58. The van der Waals surface area contributed by atoms with Gasteiger partial charge >= 0.3 is 0 Å². The molecule has 0 amide bonds. The van der Waals surface area contributed by atoms with Gasteiger partial charge in [0.15, 0.2) is 5.65 Å². The van der Waals surface area contributed by atoms with E-state index in [-0.39, 0.29) is 0 Å². The van der Waals surface area contributed by atoms with E-state index in [9.17, 15) is 0 Å². The average Bonchev–Trinajstić information content (AvgIpc) is 3.00. The molecule has 0 radical (unpaired) electrons. The van der Waals surface area contributed by atoms with Crippen LogP contribution in [0.4, 0.5) is 5.82 Å². The highest BCUT2D eigenvalue weighted by atomic mass is 15.3. The standard InChI is InChI=1S/C16H18N6/c1-2-4-13(5-3-1)11-22-16-14(10-20-22)15(18-12-19-16)21-8-6-17-7-9-21/h1-5,10,12,17H,6-9,11H2. The largest absolute Gasteiger partial charge is 0.353 e. The molecule has 0 bridgehead atoms. The lowest BCUT2D eigenvalue weighted by atomic mass is 10.2. The van der Waals surface area contributed by atoms with E-state index in [2.05, 4.69) is 37.4 Å². The summed E-state index contributed by atoms with van der Waals surface area (Å²) in [4.78, 5) is 11.2. The highest BCUT2D eigenvalue weighted by molar-refractivity contribution is 5.86. The van der Waals surface area contributed by atoms with Gasteiger partial charge in [0.05, 0.1) is 18.1 Å². The van der Waals surface area contributed by atoms with Gasteiger partial charge in [0, 0.05) is 26.2 Å². The Morgan fingerprint density at radius 3 is 2.68 bits per heavy atom. The van der Waals surface area contributed by atoms with Gasteiger partial charge in [-0.1, -0.05) is 30.3 Å². The third-order valence-electron chi connectivity index (χ3n) is 4.00. The van der Waals surface area contributed by atoms with Gasteiger partial charge in [0.1, 0.15) is 12.1 Å². The van der Waals surface area contributed by atoms with Crippen LogP contribution in [-0.4, -0.2) is 45.9 Å². The summed E-state index contributed by atoms with van der Waals surface area (Å²) in [5, 5.41) is 8.91. The molecular formula is C16H18N6. The second-order valence-corrected chi connectivity index (χ2v) is 5.46. The van der Waals surface area contributed by atoms with Gasteiger partial charge in [-0.15, -0.1) is 0 Å². The molecular weight excluding hydrogens is 276 g/mol. The molecule has 4 rings (SSSR count). The number of nitrogens with one attached hydrogen (secondary N) is 1. The lowest BCUT2D eigenvalue weighted by Crippen LogP contribution is -2.44. The molecule has 1 aromatic carbocycles. The Hall–Kier alpha value is -2.47. The average molecular weight is 294 g/mol. The summed E-state index contributed by atoms with van der Waals surface area (Å²) in [7, 11) is 0. The molecule has 2 aromatic heterocycles. The third-order valence-corrected chi connectivity index (χ3v) is 4.00. The summed E-state index contributed by atoms with van der Waals surface area (Å²) < 4.78 is 1.94. The maximum atomic E-state index is 4.52. The van der Waals surface area contributed by atoms with Crippen molar-refractivity contribution in [3.8, 4) is 0 Å². The molecule has 6 heteroatoms. The Morgan fingerprint density at radius 2 is 1.86 bits per heavy atom. The normalized spacial score (nSPS) is 15.4. The van der Waals surface area contributed by atoms with Crippen LogP contribution >= 0.6 is 0 Å². The monoisotopic (exact) mass is 294 g/mol. The molecule has 1 aliphatic heterocycles. The van der Waals surface area contributed by atoms with Gasteiger partial charge < -0.3 is 10.2 Å². The van der Waals surface area contributed by atoms with Crippen molar-refractivity contribution in [2.45, 2.75) is 6.54 Å². The van der Waals surface area contributed by atoms with Gasteiger partial charge in [0.2, 0.25) is 0 Å². The Morgan fingerprint density at radius 1 is 1.05 bits per heavy atom. The smallest absolute Gasteiger partial charge is 0.163 e. The zero-order valence-corrected chi connectivity index (χ0v) is 12.3. The van der Waals surface area contributed by atoms with Crippen molar-refractivity contribution in [1.29, 1.82) is 0 Å². The SMILES string of the molecule is c1ccc(Cn2ncc3c(N4CCNCC4)ncnc32)cc1. The minimum Gasteiger partial charge on any atom is -0.353 e. The van der Waals surface area contributed by atoms with Gasteiger partial charge in [-0.2, -0.15) is 5.10 Å². The Kier molecular flexibility index (Phi) is 3.44. The lowest BCUT2D eigenvalue weighted by molar-refractivity contribution is 0.586. The van der Waals surface area contributed by atoms with E-state index in [1.165, 1.54) is 5.56 Å².